The Bertz CT molecular complexity index is 1270. The van der Waals surface area contributed by atoms with Crippen LogP contribution in [-0.2, 0) is 10.9 Å². The van der Waals surface area contributed by atoms with Crippen LogP contribution < -0.4 is 9.47 Å². The van der Waals surface area contributed by atoms with Gasteiger partial charge in [-0.2, -0.15) is 13.2 Å². The van der Waals surface area contributed by atoms with Crippen molar-refractivity contribution in [3.63, 3.8) is 0 Å². The molecular weight excluding hydrogens is 508 g/mol. The van der Waals surface area contributed by atoms with Crippen LogP contribution in [0.4, 0.5) is 17.6 Å². The Morgan fingerprint density at radius 1 is 1.11 bits per heavy atom. The van der Waals surface area contributed by atoms with Crippen molar-refractivity contribution in [3.05, 3.63) is 52.7 Å². The van der Waals surface area contributed by atoms with Gasteiger partial charge in [0.1, 0.15) is 17.9 Å². The van der Waals surface area contributed by atoms with Crippen molar-refractivity contribution in [2.45, 2.75) is 39.3 Å². The maximum Gasteiger partial charge on any atom is 0.468 e. The van der Waals surface area contributed by atoms with Crippen LogP contribution in [0.5, 0.6) is 11.5 Å². The molecule has 1 aliphatic rings. The number of rotatable bonds is 10. The Kier molecular flexibility index (Phi) is 8.57. The molecule has 206 valence electrons. The van der Waals surface area contributed by atoms with E-state index in [4.69, 9.17) is 18.6 Å². The van der Waals surface area contributed by atoms with Crippen LogP contribution >= 0.6 is 0 Å². The van der Waals surface area contributed by atoms with Gasteiger partial charge in [0, 0.05) is 19.6 Å². The number of alkyl halides is 3. The van der Waals surface area contributed by atoms with E-state index in [-0.39, 0.29) is 58.7 Å². The van der Waals surface area contributed by atoms with E-state index < -0.39 is 17.9 Å². The maximum atomic E-state index is 13.5. The minimum Gasteiger partial charge on any atom is -0.487 e. The molecule has 1 saturated heterocycles. The molecule has 0 aliphatic carbocycles. The fraction of sp³-hybridized carbons (Fsp3) is 0.481. The molecule has 1 unspecified atom stereocenters. The van der Waals surface area contributed by atoms with E-state index >= 15 is 0 Å². The first-order chi connectivity index (χ1) is 18.1. The third-order valence-electron chi connectivity index (χ3n) is 6.59. The number of hydrogen-bond acceptors (Lipinski definition) is 7. The predicted octanol–water partition coefficient (Wildman–Crippen LogP) is 5.78. The lowest BCUT2D eigenvalue weighted by atomic mass is 9.98. The Morgan fingerprint density at radius 2 is 1.76 bits per heavy atom. The fourth-order valence-electron chi connectivity index (χ4n) is 4.44. The van der Waals surface area contributed by atoms with E-state index in [2.05, 4.69) is 9.88 Å². The normalized spacial score (nSPS) is 15.6. The monoisotopic (exact) mass is 538 g/mol. The van der Waals surface area contributed by atoms with Crippen molar-refractivity contribution in [3.8, 4) is 11.5 Å². The summed E-state index contributed by atoms with van der Waals surface area (Å²) in [6.07, 6.45) is -4.36. The zero-order valence-corrected chi connectivity index (χ0v) is 21.5. The summed E-state index contributed by atoms with van der Waals surface area (Å²) in [4.78, 5) is 18.4. The summed E-state index contributed by atoms with van der Waals surface area (Å²) >= 11 is 0. The zero-order valence-electron chi connectivity index (χ0n) is 21.5. The lowest BCUT2D eigenvalue weighted by molar-refractivity contribution is -0.156. The van der Waals surface area contributed by atoms with E-state index in [1.807, 2.05) is 6.92 Å². The zero-order chi connectivity index (χ0) is 27.4. The molecule has 1 aliphatic heterocycles. The first-order valence-corrected chi connectivity index (χ1v) is 12.4. The number of aromatic nitrogens is 1. The van der Waals surface area contributed by atoms with E-state index in [9.17, 15) is 22.4 Å². The smallest absolute Gasteiger partial charge is 0.468 e. The summed E-state index contributed by atoms with van der Waals surface area (Å²) in [6.45, 7) is 8.19. The molecule has 0 saturated carbocycles. The van der Waals surface area contributed by atoms with Crippen LogP contribution in [0.15, 0.2) is 28.7 Å². The van der Waals surface area contributed by atoms with E-state index in [0.29, 0.717) is 26.2 Å². The maximum absolute atomic E-state index is 13.5. The van der Waals surface area contributed by atoms with Gasteiger partial charge < -0.3 is 18.6 Å². The third-order valence-corrected chi connectivity index (χ3v) is 6.59. The summed E-state index contributed by atoms with van der Waals surface area (Å²) in [5.41, 5.74) is 0.873. The highest BCUT2D eigenvalue weighted by atomic mass is 19.4. The van der Waals surface area contributed by atoms with Crippen molar-refractivity contribution < 1.29 is 41.0 Å². The lowest BCUT2D eigenvalue weighted by Crippen LogP contribution is -2.38. The number of halogens is 4. The van der Waals surface area contributed by atoms with Crippen LogP contribution in [0.2, 0.25) is 0 Å². The second-order valence-corrected chi connectivity index (χ2v) is 9.30. The number of carbonyl (C=O) groups excluding carboxylic acids is 1. The van der Waals surface area contributed by atoms with Crippen LogP contribution in [0.1, 0.15) is 53.6 Å². The van der Waals surface area contributed by atoms with Crippen molar-refractivity contribution >= 4 is 16.9 Å². The molecule has 0 amide bonds. The van der Waals surface area contributed by atoms with Gasteiger partial charge in [0.05, 0.1) is 25.4 Å². The summed E-state index contributed by atoms with van der Waals surface area (Å²) in [7, 11) is 0. The molecule has 1 atom stereocenters. The Labute approximate surface area is 217 Å². The van der Waals surface area contributed by atoms with Crippen LogP contribution in [0.25, 0.3) is 11.1 Å². The lowest BCUT2D eigenvalue weighted by Gasteiger charge is -2.26. The quantitative estimate of drug-likeness (QED) is 0.239. The van der Waals surface area contributed by atoms with Gasteiger partial charge in [0.2, 0.25) is 11.3 Å². The largest absolute Gasteiger partial charge is 0.487 e. The number of aryl methyl sites for hydroxylation is 1. The van der Waals surface area contributed by atoms with Gasteiger partial charge in [0.25, 0.3) is 0 Å². The van der Waals surface area contributed by atoms with E-state index in [0.717, 1.165) is 18.7 Å². The number of nitrogens with zero attached hydrogens (tertiary/aromatic N) is 2. The number of morpholine rings is 1. The molecule has 0 spiro atoms. The van der Waals surface area contributed by atoms with Gasteiger partial charge in [-0.15, -0.1) is 0 Å². The first-order valence-electron chi connectivity index (χ1n) is 12.4. The molecule has 3 aromatic rings. The molecule has 7 nitrogen and oxygen atoms in total. The molecule has 1 aromatic heterocycles. The van der Waals surface area contributed by atoms with E-state index in [1.165, 1.54) is 26.0 Å². The summed E-state index contributed by atoms with van der Waals surface area (Å²) in [5.74, 6) is -2.26. The highest BCUT2D eigenvalue weighted by Crippen LogP contribution is 2.44. The fourth-order valence-corrected chi connectivity index (χ4v) is 4.44. The molecule has 2 heterocycles. The highest BCUT2D eigenvalue weighted by molar-refractivity contribution is 6.05. The molecule has 38 heavy (non-hydrogen) atoms. The molecule has 11 heteroatoms. The predicted molar refractivity (Wildman–Crippen MR) is 131 cm³/mol. The second kappa shape index (κ2) is 11.7. The minimum atomic E-state index is -4.83. The van der Waals surface area contributed by atoms with Crippen LogP contribution in [0.3, 0.4) is 0 Å². The molecule has 0 radical (unpaired) electrons. The van der Waals surface area contributed by atoms with Gasteiger partial charge in [-0.05, 0) is 49.4 Å². The van der Waals surface area contributed by atoms with E-state index in [1.54, 1.807) is 12.1 Å². The molecule has 1 fully saturated rings. The molecule has 0 N–H and O–H groups in total. The van der Waals surface area contributed by atoms with Crippen LogP contribution in [0, 0.1) is 12.7 Å². The third kappa shape index (κ3) is 6.27. The number of ether oxygens (including phenoxy) is 3. The Balaban J connectivity index is 1.66. The molecule has 4 rings (SSSR count). The van der Waals surface area contributed by atoms with Gasteiger partial charge in [-0.1, -0.05) is 19.1 Å². The van der Waals surface area contributed by atoms with Crippen molar-refractivity contribution in [1.29, 1.82) is 0 Å². The highest BCUT2D eigenvalue weighted by Gasteiger charge is 2.39. The minimum absolute atomic E-state index is 0.0324. The second-order valence-electron chi connectivity index (χ2n) is 9.30. The van der Waals surface area contributed by atoms with Gasteiger partial charge in [0.15, 0.2) is 11.5 Å². The number of hydrogen-bond donors (Lipinski definition) is 0. The molecule has 0 bridgehead atoms. The first kappa shape index (κ1) is 27.8. The van der Waals surface area contributed by atoms with Crippen molar-refractivity contribution in [2.24, 2.45) is 0 Å². The number of fused-ring (bicyclic) bond motifs is 1. The Hall–Kier alpha value is -3.18. The molecule has 2 aromatic carbocycles. The van der Waals surface area contributed by atoms with Crippen molar-refractivity contribution in [2.75, 3.05) is 46.1 Å². The number of benzene rings is 2. The Morgan fingerprint density at radius 3 is 2.39 bits per heavy atom. The number of Topliss-reactive ketones (excluding diaryl/α,β-unsaturated/α-hetero) is 1. The average Bonchev–Trinajstić information content (AvgIpc) is 3.33. The van der Waals surface area contributed by atoms with Crippen molar-refractivity contribution in [1.82, 2.24) is 9.88 Å². The summed E-state index contributed by atoms with van der Waals surface area (Å²) in [6, 6.07) is 6.07. The number of carbonyl (C=O) groups is 1. The summed E-state index contributed by atoms with van der Waals surface area (Å²) < 4.78 is 76.3. The number of ketones is 1. The van der Waals surface area contributed by atoms with Gasteiger partial charge in [-0.3, -0.25) is 9.69 Å². The van der Waals surface area contributed by atoms with Gasteiger partial charge >= 0.3 is 12.1 Å². The van der Waals surface area contributed by atoms with Gasteiger partial charge in [-0.25, -0.2) is 9.37 Å². The average molecular weight is 539 g/mol. The summed E-state index contributed by atoms with van der Waals surface area (Å²) in [5, 5.41) is 0. The van der Waals surface area contributed by atoms with Crippen LogP contribution in [-0.4, -0.2) is 61.7 Å². The number of oxazole rings is 1. The standard InChI is InChI=1S/C27H30F4N2O5/c1-16(19-4-6-20(28)7-5-19)8-12-36-25-23(37-15-11-33-9-13-35-14-10-33)21(18(3)34)17(2)22-24(25)38-26(32-22)27(29,30)31/h4-7,16H,8-15H2,1-3H3. The topological polar surface area (TPSA) is 74.0 Å². The SMILES string of the molecule is CC(=O)c1c(OCCN2CCOCC2)c(OCCC(C)c2ccc(F)cc2)c2oc(C(F)(F)F)nc2c1C. The molecular formula is C27H30F4N2O5.